The summed E-state index contributed by atoms with van der Waals surface area (Å²) in [6.07, 6.45) is 1.88. The van der Waals surface area contributed by atoms with Gasteiger partial charge in [-0.3, -0.25) is 4.79 Å². The van der Waals surface area contributed by atoms with E-state index in [1.165, 1.54) is 11.3 Å². The van der Waals surface area contributed by atoms with E-state index in [4.69, 9.17) is 11.6 Å². The molecule has 2 heterocycles. The van der Waals surface area contributed by atoms with Crippen molar-refractivity contribution in [3.05, 3.63) is 23.2 Å². The first-order chi connectivity index (χ1) is 9.07. The van der Waals surface area contributed by atoms with Crippen LogP contribution in [0.3, 0.4) is 0 Å². The van der Waals surface area contributed by atoms with E-state index in [1.807, 2.05) is 19.1 Å². The standard InChI is InChI=1S/C13H14ClN3OS/c1-13(5-2-6-15-13)11(18)17-12-16-9-4-3-8(14)7-10(9)19-12/h3-4,7,15H,2,5-6H2,1H3,(H,16,17,18). The van der Waals surface area contributed by atoms with Gasteiger partial charge in [0, 0.05) is 5.02 Å². The number of nitrogens with one attached hydrogen (secondary N) is 2. The first-order valence-electron chi connectivity index (χ1n) is 6.19. The highest BCUT2D eigenvalue weighted by molar-refractivity contribution is 7.22. The van der Waals surface area contributed by atoms with E-state index in [1.54, 1.807) is 6.07 Å². The molecule has 0 aliphatic carbocycles. The number of aromatic nitrogens is 1. The fourth-order valence-corrected chi connectivity index (χ4v) is 3.41. The molecule has 2 N–H and O–H groups in total. The number of benzene rings is 1. The molecule has 1 unspecified atom stereocenters. The molecule has 0 radical (unpaired) electrons. The largest absolute Gasteiger partial charge is 0.304 e. The maximum Gasteiger partial charge on any atom is 0.246 e. The van der Waals surface area contributed by atoms with Crippen molar-refractivity contribution in [3.8, 4) is 0 Å². The Kier molecular flexibility index (Phi) is 3.20. The Labute approximate surface area is 120 Å². The van der Waals surface area contributed by atoms with Crippen molar-refractivity contribution in [2.75, 3.05) is 11.9 Å². The van der Waals surface area contributed by atoms with Crippen LogP contribution in [0, 0.1) is 0 Å². The van der Waals surface area contributed by atoms with Gasteiger partial charge in [0.25, 0.3) is 0 Å². The number of halogens is 1. The predicted octanol–water partition coefficient (Wildman–Crippen LogP) is 3.03. The Balaban J connectivity index is 1.83. The van der Waals surface area contributed by atoms with Crippen molar-refractivity contribution in [1.29, 1.82) is 0 Å². The molecule has 0 bridgehead atoms. The smallest absolute Gasteiger partial charge is 0.246 e. The van der Waals surface area contributed by atoms with Crippen molar-refractivity contribution in [2.24, 2.45) is 0 Å². The van der Waals surface area contributed by atoms with Crippen LogP contribution in [0.2, 0.25) is 5.02 Å². The van der Waals surface area contributed by atoms with Gasteiger partial charge < -0.3 is 10.6 Å². The van der Waals surface area contributed by atoms with E-state index in [0.717, 1.165) is 29.6 Å². The normalized spacial score (nSPS) is 22.8. The van der Waals surface area contributed by atoms with E-state index < -0.39 is 5.54 Å². The maximum absolute atomic E-state index is 12.2. The first-order valence-corrected chi connectivity index (χ1v) is 7.39. The summed E-state index contributed by atoms with van der Waals surface area (Å²) >= 11 is 7.38. The quantitative estimate of drug-likeness (QED) is 0.895. The number of amides is 1. The van der Waals surface area contributed by atoms with Gasteiger partial charge in [0.2, 0.25) is 5.91 Å². The van der Waals surface area contributed by atoms with Gasteiger partial charge in [-0.05, 0) is 44.5 Å². The van der Waals surface area contributed by atoms with Gasteiger partial charge in [0.1, 0.15) is 0 Å². The third-order valence-electron chi connectivity index (χ3n) is 3.44. The number of carbonyl (C=O) groups is 1. The number of carbonyl (C=O) groups excluding carboxylic acids is 1. The van der Waals surface area contributed by atoms with Crippen LogP contribution < -0.4 is 10.6 Å². The summed E-state index contributed by atoms with van der Waals surface area (Å²) in [5.41, 5.74) is 0.379. The molecule has 1 atom stereocenters. The maximum atomic E-state index is 12.2. The Bertz CT molecular complexity index is 634. The van der Waals surface area contributed by atoms with Gasteiger partial charge in [-0.1, -0.05) is 22.9 Å². The van der Waals surface area contributed by atoms with Crippen LogP contribution in [0.1, 0.15) is 19.8 Å². The second kappa shape index (κ2) is 4.74. The molecule has 19 heavy (non-hydrogen) atoms. The molecule has 1 aliphatic rings. The summed E-state index contributed by atoms with van der Waals surface area (Å²) in [5.74, 6) is -0.0184. The molecule has 6 heteroatoms. The van der Waals surface area contributed by atoms with E-state index >= 15 is 0 Å². The average molecular weight is 296 g/mol. The molecule has 3 rings (SSSR count). The van der Waals surface area contributed by atoms with Crippen molar-refractivity contribution in [3.63, 3.8) is 0 Å². The minimum atomic E-state index is -0.477. The van der Waals surface area contributed by atoms with Gasteiger partial charge in [-0.15, -0.1) is 0 Å². The van der Waals surface area contributed by atoms with Crippen LogP contribution in [-0.2, 0) is 4.79 Å². The number of thiazole rings is 1. The second-order valence-electron chi connectivity index (χ2n) is 4.95. The van der Waals surface area contributed by atoms with Crippen LogP contribution in [0.4, 0.5) is 5.13 Å². The number of nitrogens with zero attached hydrogens (tertiary/aromatic N) is 1. The van der Waals surface area contributed by atoms with Crippen LogP contribution in [0.5, 0.6) is 0 Å². The van der Waals surface area contributed by atoms with E-state index in [2.05, 4.69) is 15.6 Å². The lowest BCUT2D eigenvalue weighted by Gasteiger charge is -2.21. The van der Waals surface area contributed by atoms with Crippen LogP contribution in [-0.4, -0.2) is 23.0 Å². The number of fused-ring (bicyclic) bond motifs is 1. The van der Waals surface area contributed by atoms with Gasteiger partial charge in [-0.2, -0.15) is 0 Å². The molecule has 1 aromatic carbocycles. The zero-order valence-electron chi connectivity index (χ0n) is 10.5. The first kappa shape index (κ1) is 12.8. The van der Waals surface area contributed by atoms with Crippen LogP contribution in [0.15, 0.2) is 18.2 Å². The topological polar surface area (TPSA) is 54.0 Å². The van der Waals surface area contributed by atoms with Gasteiger partial charge in [-0.25, -0.2) is 4.98 Å². The number of hydrogen-bond donors (Lipinski definition) is 2. The minimum absolute atomic E-state index is 0.0184. The van der Waals surface area contributed by atoms with Crippen LogP contribution >= 0.6 is 22.9 Å². The molecule has 0 spiro atoms. The van der Waals surface area contributed by atoms with E-state index in [0.29, 0.717) is 10.2 Å². The van der Waals surface area contributed by atoms with E-state index in [-0.39, 0.29) is 5.91 Å². The Morgan fingerprint density at radius 2 is 2.42 bits per heavy atom. The summed E-state index contributed by atoms with van der Waals surface area (Å²) in [4.78, 5) is 16.6. The van der Waals surface area contributed by atoms with Crippen molar-refractivity contribution in [2.45, 2.75) is 25.3 Å². The second-order valence-corrected chi connectivity index (χ2v) is 6.41. The fourth-order valence-electron chi connectivity index (χ4n) is 2.28. The summed E-state index contributed by atoms with van der Waals surface area (Å²) in [6.45, 7) is 2.82. The molecule has 1 saturated heterocycles. The fraction of sp³-hybridized carbons (Fsp3) is 0.385. The van der Waals surface area contributed by atoms with Gasteiger partial charge >= 0.3 is 0 Å². The van der Waals surface area contributed by atoms with E-state index in [9.17, 15) is 4.79 Å². The number of anilines is 1. The van der Waals surface area contributed by atoms with Crippen molar-refractivity contribution in [1.82, 2.24) is 10.3 Å². The molecule has 2 aromatic rings. The number of hydrogen-bond acceptors (Lipinski definition) is 4. The lowest BCUT2D eigenvalue weighted by atomic mass is 10.00. The highest BCUT2D eigenvalue weighted by atomic mass is 35.5. The monoisotopic (exact) mass is 295 g/mol. The molecular formula is C13H14ClN3OS. The zero-order valence-corrected chi connectivity index (χ0v) is 12.1. The van der Waals surface area contributed by atoms with Gasteiger partial charge in [0.05, 0.1) is 15.8 Å². The Morgan fingerprint density at radius 1 is 1.58 bits per heavy atom. The predicted molar refractivity (Wildman–Crippen MR) is 78.9 cm³/mol. The van der Waals surface area contributed by atoms with Crippen LogP contribution in [0.25, 0.3) is 10.2 Å². The third-order valence-corrected chi connectivity index (χ3v) is 4.61. The average Bonchev–Trinajstić information content (AvgIpc) is 2.95. The molecule has 1 aromatic heterocycles. The van der Waals surface area contributed by atoms with Crippen molar-refractivity contribution >= 4 is 44.2 Å². The highest BCUT2D eigenvalue weighted by Crippen LogP contribution is 2.29. The molecule has 0 saturated carbocycles. The SMILES string of the molecule is CC1(C(=O)Nc2nc3ccc(Cl)cc3s2)CCCN1. The molecule has 4 nitrogen and oxygen atoms in total. The molecular weight excluding hydrogens is 282 g/mol. The minimum Gasteiger partial charge on any atom is -0.304 e. The summed E-state index contributed by atoms with van der Waals surface area (Å²) in [6, 6.07) is 5.52. The lowest BCUT2D eigenvalue weighted by molar-refractivity contribution is -0.121. The summed E-state index contributed by atoms with van der Waals surface area (Å²) in [7, 11) is 0. The van der Waals surface area contributed by atoms with Crippen molar-refractivity contribution < 1.29 is 4.79 Å². The Morgan fingerprint density at radius 3 is 3.16 bits per heavy atom. The van der Waals surface area contributed by atoms with Gasteiger partial charge in [0.15, 0.2) is 5.13 Å². The summed E-state index contributed by atoms with van der Waals surface area (Å²) < 4.78 is 0.979. The molecule has 100 valence electrons. The lowest BCUT2D eigenvalue weighted by Crippen LogP contribution is -2.47. The molecule has 1 amide bonds. The Hall–Kier alpha value is -1.17. The molecule has 1 fully saturated rings. The third kappa shape index (κ3) is 2.45. The highest BCUT2D eigenvalue weighted by Gasteiger charge is 2.36. The molecule has 1 aliphatic heterocycles. The number of rotatable bonds is 2. The zero-order chi connectivity index (χ0) is 13.5. The summed E-state index contributed by atoms with van der Waals surface area (Å²) in [5, 5.41) is 7.44.